The molecule has 3 nitrogen and oxygen atoms in total. The fraction of sp³-hybridized carbons (Fsp3) is 0.385. The zero-order valence-corrected chi connectivity index (χ0v) is 9.95. The van der Waals surface area contributed by atoms with Crippen molar-refractivity contribution in [1.82, 2.24) is 4.90 Å². The van der Waals surface area contributed by atoms with Crippen LogP contribution >= 0.6 is 0 Å². The van der Waals surface area contributed by atoms with Gasteiger partial charge in [-0.3, -0.25) is 0 Å². The summed E-state index contributed by atoms with van der Waals surface area (Å²) < 4.78 is 5.20. The molecule has 0 spiro atoms. The number of hydrogen-bond donors (Lipinski definition) is 1. The molecule has 0 radical (unpaired) electrons. The van der Waals surface area contributed by atoms with Crippen LogP contribution in [-0.4, -0.2) is 37.8 Å². The predicted octanol–water partition coefficient (Wildman–Crippen LogP) is 1.10. The number of methoxy groups -OCH3 is 1. The molecule has 0 aliphatic rings. The summed E-state index contributed by atoms with van der Waals surface area (Å²) in [4.78, 5) is 2.09. The maximum atomic E-state index is 8.68. The van der Waals surface area contributed by atoms with Crippen LogP contribution in [0.15, 0.2) is 18.2 Å². The van der Waals surface area contributed by atoms with Gasteiger partial charge in [-0.15, -0.1) is 0 Å². The molecule has 0 bridgehead atoms. The highest BCUT2D eigenvalue weighted by molar-refractivity contribution is 5.48. The van der Waals surface area contributed by atoms with E-state index in [2.05, 4.69) is 16.7 Å². The van der Waals surface area contributed by atoms with Crippen molar-refractivity contribution in [3.05, 3.63) is 29.3 Å². The average Bonchev–Trinajstić information content (AvgIpc) is 2.25. The molecule has 1 N–H and O–H groups in total. The lowest BCUT2D eigenvalue weighted by Gasteiger charge is -2.11. The molecule has 0 unspecified atom stereocenters. The summed E-state index contributed by atoms with van der Waals surface area (Å²) in [5.74, 6) is 6.26. The normalized spacial score (nSPS) is 9.81. The topological polar surface area (TPSA) is 32.7 Å². The standard InChI is InChI=1S/C13H17NO2/c1-14(2)10-11-6-7-13(16-3)12(9-11)5-4-8-15/h6-7,9,15H,8,10H2,1-3H3. The van der Waals surface area contributed by atoms with E-state index in [-0.39, 0.29) is 6.61 Å². The van der Waals surface area contributed by atoms with E-state index in [0.29, 0.717) is 0 Å². The molecule has 0 amide bonds. The predicted molar refractivity (Wildman–Crippen MR) is 64.3 cm³/mol. The highest BCUT2D eigenvalue weighted by atomic mass is 16.5. The van der Waals surface area contributed by atoms with Gasteiger partial charge in [-0.25, -0.2) is 0 Å². The summed E-state index contributed by atoms with van der Waals surface area (Å²) in [6, 6.07) is 5.91. The molecule has 0 aliphatic heterocycles. The first-order valence-electron chi connectivity index (χ1n) is 5.08. The molecule has 1 aromatic carbocycles. The minimum Gasteiger partial charge on any atom is -0.495 e. The van der Waals surface area contributed by atoms with Crippen LogP contribution in [-0.2, 0) is 6.54 Å². The van der Waals surface area contributed by atoms with Crippen LogP contribution in [0.2, 0.25) is 0 Å². The molecule has 0 atom stereocenters. The third-order valence-electron chi connectivity index (χ3n) is 2.06. The van der Waals surface area contributed by atoms with Gasteiger partial charge in [-0.1, -0.05) is 17.9 Å². The van der Waals surface area contributed by atoms with Gasteiger partial charge in [0, 0.05) is 6.54 Å². The lowest BCUT2D eigenvalue weighted by molar-refractivity contribution is 0.350. The molecular weight excluding hydrogens is 202 g/mol. The summed E-state index contributed by atoms with van der Waals surface area (Å²) in [7, 11) is 5.65. The van der Waals surface area contributed by atoms with Gasteiger partial charge in [0.2, 0.25) is 0 Å². The van der Waals surface area contributed by atoms with Crippen molar-refractivity contribution >= 4 is 0 Å². The summed E-state index contributed by atoms with van der Waals surface area (Å²) in [5, 5.41) is 8.68. The Morgan fingerprint density at radius 3 is 2.69 bits per heavy atom. The van der Waals surface area contributed by atoms with Crippen LogP contribution in [0.5, 0.6) is 5.75 Å². The van der Waals surface area contributed by atoms with Gasteiger partial charge >= 0.3 is 0 Å². The number of aliphatic hydroxyl groups is 1. The molecule has 0 aromatic heterocycles. The minimum atomic E-state index is -0.138. The number of aliphatic hydroxyl groups excluding tert-OH is 1. The highest BCUT2D eigenvalue weighted by Crippen LogP contribution is 2.19. The van der Waals surface area contributed by atoms with Crippen LogP contribution in [0.1, 0.15) is 11.1 Å². The molecule has 0 heterocycles. The Morgan fingerprint density at radius 1 is 1.38 bits per heavy atom. The zero-order valence-electron chi connectivity index (χ0n) is 9.95. The Balaban J connectivity index is 3.01. The van der Waals surface area contributed by atoms with Gasteiger partial charge in [0.05, 0.1) is 12.7 Å². The first-order chi connectivity index (χ1) is 7.67. The second-order valence-electron chi connectivity index (χ2n) is 3.73. The Bertz CT molecular complexity index is 402. The smallest absolute Gasteiger partial charge is 0.134 e. The third-order valence-corrected chi connectivity index (χ3v) is 2.06. The summed E-state index contributed by atoms with van der Waals surface area (Å²) >= 11 is 0. The van der Waals surface area contributed by atoms with Gasteiger partial charge in [-0.05, 0) is 31.8 Å². The van der Waals surface area contributed by atoms with E-state index in [4.69, 9.17) is 9.84 Å². The van der Waals surface area contributed by atoms with E-state index in [9.17, 15) is 0 Å². The fourth-order valence-corrected chi connectivity index (χ4v) is 1.45. The average molecular weight is 219 g/mol. The Labute approximate surface area is 96.7 Å². The van der Waals surface area contributed by atoms with E-state index in [0.717, 1.165) is 17.9 Å². The fourth-order valence-electron chi connectivity index (χ4n) is 1.45. The molecule has 1 rings (SSSR count). The number of benzene rings is 1. The quantitative estimate of drug-likeness (QED) is 0.773. The lowest BCUT2D eigenvalue weighted by Crippen LogP contribution is -2.10. The molecule has 0 aliphatic carbocycles. The van der Waals surface area contributed by atoms with Gasteiger partial charge in [0.15, 0.2) is 0 Å². The van der Waals surface area contributed by atoms with Crippen molar-refractivity contribution in [1.29, 1.82) is 0 Å². The largest absolute Gasteiger partial charge is 0.495 e. The van der Waals surface area contributed by atoms with Crippen molar-refractivity contribution in [3.8, 4) is 17.6 Å². The third kappa shape index (κ3) is 3.58. The molecule has 0 saturated carbocycles. The first kappa shape index (κ1) is 12.6. The first-order valence-corrected chi connectivity index (χ1v) is 5.08. The van der Waals surface area contributed by atoms with Crippen LogP contribution in [0.4, 0.5) is 0 Å². The number of hydrogen-bond acceptors (Lipinski definition) is 3. The van der Waals surface area contributed by atoms with Crippen molar-refractivity contribution in [2.24, 2.45) is 0 Å². The van der Waals surface area contributed by atoms with Crippen LogP contribution in [0, 0.1) is 11.8 Å². The summed E-state index contributed by atoms with van der Waals surface area (Å²) in [5.41, 5.74) is 1.99. The van der Waals surface area contributed by atoms with E-state index < -0.39 is 0 Å². The van der Waals surface area contributed by atoms with E-state index in [1.165, 1.54) is 5.56 Å². The van der Waals surface area contributed by atoms with Crippen molar-refractivity contribution in [2.45, 2.75) is 6.54 Å². The van der Waals surface area contributed by atoms with Crippen molar-refractivity contribution in [2.75, 3.05) is 27.8 Å². The van der Waals surface area contributed by atoms with Gasteiger partial charge in [0.1, 0.15) is 12.4 Å². The molecule has 16 heavy (non-hydrogen) atoms. The molecule has 86 valence electrons. The van der Waals surface area contributed by atoms with Gasteiger partial charge in [0.25, 0.3) is 0 Å². The lowest BCUT2D eigenvalue weighted by atomic mass is 10.1. The van der Waals surface area contributed by atoms with Gasteiger partial charge < -0.3 is 14.7 Å². The zero-order chi connectivity index (χ0) is 12.0. The summed E-state index contributed by atoms with van der Waals surface area (Å²) in [6.45, 7) is 0.721. The Kier molecular flexibility index (Phi) is 4.84. The van der Waals surface area contributed by atoms with E-state index in [1.807, 2.05) is 32.3 Å². The van der Waals surface area contributed by atoms with E-state index >= 15 is 0 Å². The number of nitrogens with zero attached hydrogens (tertiary/aromatic N) is 1. The molecule has 0 fully saturated rings. The number of rotatable bonds is 3. The second kappa shape index (κ2) is 6.16. The highest BCUT2D eigenvalue weighted by Gasteiger charge is 2.02. The van der Waals surface area contributed by atoms with Crippen molar-refractivity contribution in [3.63, 3.8) is 0 Å². The maximum Gasteiger partial charge on any atom is 0.134 e. The van der Waals surface area contributed by atoms with E-state index in [1.54, 1.807) is 7.11 Å². The second-order valence-corrected chi connectivity index (χ2v) is 3.73. The molecular formula is C13H17NO2. The minimum absolute atomic E-state index is 0.138. The Hall–Kier alpha value is -1.50. The Morgan fingerprint density at radius 2 is 2.12 bits per heavy atom. The van der Waals surface area contributed by atoms with Crippen LogP contribution < -0.4 is 4.74 Å². The van der Waals surface area contributed by atoms with Gasteiger partial charge in [-0.2, -0.15) is 0 Å². The monoisotopic (exact) mass is 219 g/mol. The number of ether oxygens (including phenoxy) is 1. The maximum absolute atomic E-state index is 8.68. The van der Waals surface area contributed by atoms with Crippen LogP contribution in [0.3, 0.4) is 0 Å². The molecule has 3 heteroatoms. The SMILES string of the molecule is COc1ccc(CN(C)C)cc1C#CCO. The van der Waals surface area contributed by atoms with Crippen molar-refractivity contribution < 1.29 is 9.84 Å². The molecule has 1 aromatic rings. The van der Waals surface area contributed by atoms with Crippen LogP contribution in [0.25, 0.3) is 0 Å². The molecule has 0 saturated heterocycles. The summed E-state index contributed by atoms with van der Waals surface area (Å²) in [6.07, 6.45) is 0.